The molecule has 3 aromatic rings. The number of benzene rings is 2. The van der Waals surface area contributed by atoms with Gasteiger partial charge in [0.15, 0.2) is 0 Å². The Bertz CT molecular complexity index is 1020. The monoisotopic (exact) mass is 437 g/mol. The van der Waals surface area contributed by atoms with E-state index in [9.17, 15) is 13.2 Å². The molecule has 2 heterocycles. The van der Waals surface area contributed by atoms with Crippen molar-refractivity contribution < 1.29 is 22.6 Å². The van der Waals surface area contributed by atoms with Gasteiger partial charge in [-0.2, -0.15) is 0 Å². The van der Waals surface area contributed by atoms with Gasteiger partial charge in [-0.3, -0.25) is 0 Å². The lowest BCUT2D eigenvalue weighted by molar-refractivity contribution is -0.274. The van der Waals surface area contributed by atoms with Crippen molar-refractivity contribution in [3.05, 3.63) is 59.5 Å². The van der Waals surface area contributed by atoms with Gasteiger partial charge in [0.05, 0.1) is 24.0 Å². The molecule has 5 nitrogen and oxygen atoms in total. The van der Waals surface area contributed by atoms with Gasteiger partial charge in [-0.1, -0.05) is 35.9 Å². The predicted octanol–water partition coefficient (Wildman–Crippen LogP) is 5.35. The average Bonchev–Trinajstić information content (AvgIpc) is 3.38. The van der Waals surface area contributed by atoms with Crippen molar-refractivity contribution in [1.29, 1.82) is 0 Å². The van der Waals surface area contributed by atoms with E-state index in [4.69, 9.17) is 16.3 Å². The van der Waals surface area contributed by atoms with Crippen LogP contribution in [0.4, 0.5) is 13.2 Å². The van der Waals surface area contributed by atoms with Crippen LogP contribution in [0.25, 0.3) is 22.4 Å². The van der Waals surface area contributed by atoms with Gasteiger partial charge in [0.25, 0.3) is 0 Å². The summed E-state index contributed by atoms with van der Waals surface area (Å²) in [6, 6.07) is 11.2. The van der Waals surface area contributed by atoms with Crippen molar-refractivity contribution in [3.63, 3.8) is 0 Å². The van der Waals surface area contributed by atoms with E-state index in [1.165, 1.54) is 18.2 Å². The second-order valence-corrected chi connectivity index (χ2v) is 7.44. The highest BCUT2D eigenvalue weighted by molar-refractivity contribution is 6.31. The molecule has 0 saturated carbocycles. The maximum Gasteiger partial charge on any atom is 0.573 e. The summed E-state index contributed by atoms with van der Waals surface area (Å²) in [4.78, 5) is 7.76. The molecule has 2 N–H and O–H groups in total. The van der Waals surface area contributed by atoms with Crippen molar-refractivity contribution >= 4 is 11.6 Å². The lowest BCUT2D eigenvalue weighted by Gasteiger charge is -2.14. The highest BCUT2D eigenvalue weighted by Gasteiger charge is 2.32. The second-order valence-electron chi connectivity index (χ2n) is 7.00. The van der Waals surface area contributed by atoms with E-state index in [1.807, 2.05) is 12.1 Å². The number of H-pyrrole nitrogens is 1. The van der Waals surface area contributed by atoms with Gasteiger partial charge in [0.2, 0.25) is 0 Å². The Balaban J connectivity index is 1.57. The van der Waals surface area contributed by atoms with E-state index in [0.717, 1.165) is 30.0 Å². The fourth-order valence-corrected chi connectivity index (χ4v) is 3.69. The predicted molar refractivity (Wildman–Crippen MR) is 107 cm³/mol. The number of nitrogens with zero attached hydrogens (tertiary/aromatic N) is 1. The fourth-order valence-electron chi connectivity index (χ4n) is 3.52. The van der Waals surface area contributed by atoms with Gasteiger partial charge in [0, 0.05) is 24.2 Å². The van der Waals surface area contributed by atoms with Crippen LogP contribution in [-0.2, 0) is 4.74 Å². The number of aromatic amines is 1. The average molecular weight is 438 g/mol. The summed E-state index contributed by atoms with van der Waals surface area (Å²) >= 11 is 5.99. The molecule has 2 aromatic carbocycles. The van der Waals surface area contributed by atoms with Crippen LogP contribution in [0.3, 0.4) is 0 Å². The number of halogens is 4. The molecule has 2 atom stereocenters. The van der Waals surface area contributed by atoms with Crippen LogP contribution < -0.4 is 10.1 Å². The fraction of sp³-hybridized carbons (Fsp3) is 0.286. The van der Waals surface area contributed by atoms with Crippen LogP contribution in [0.15, 0.2) is 48.7 Å². The number of alkyl halides is 3. The first-order valence-electron chi connectivity index (χ1n) is 9.29. The van der Waals surface area contributed by atoms with Gasteiger partial charge < -0.3 is 19.8 Å². The molecule has 1 aliphatic rings. The number of imidazole rings is 1. The van der Waals surface area contributed by atoms with Crippen LogP contribution >= 0.6 is 11.6 Å². The van der Waals surface area contributed by atoms with Gasteiger partial charge in [-0.25, -0.2) is 4.98 Å². The third-order valence-electron chi connectivity index (χ3n) is 5.02. The molecule has 0 spiro atoms. The number of nitrogens with one attached hydrogen (secondary N) is 2. The van der Waals surface area contributed by atoms with Crippen molar-refractivity contribution in [2.45, 2.75) is 24.9 Å². The molecular formula is C21H19ClF3N3O2. The standard InChI is InChI=1S/C21H19ClF3N3O2/c1-29-15-9-17(26-10-15)20-27-11-18(28-20)13-4-2-12(3-5-13)16-8-14(22)6-7-19(16)30-21(23,24)25/h2-8,11,15,17,26H,9-10H2,1H3,(H,27,28)/t15-,17-/m0/s1. The minimum Gasteiger partial charge on any atom is -0.405 e. The molecule has 1 aliphatic heterocycles. The number of hydrogen-bond acceptors (Lipinski definition) is 4. The van der Waals surface area contributed by atoms with Gasteiger partial charge in [0.1, 0.15) is 11.6 Å². The zero-order valence-electron chi connectivity index (χ0n) is 16.0. The lowest BCUT2D eigenvalue weighted by atomic mass is 10.0. The maximum atomic E-state index is 12.7. The van der Waals surface area contributed by atoms with E-state index in [0.29, 0.717) is 10.6 Å². The molecule has 9 heteroatoms. The number of ether oxygens (including phenoxy) is 2. The summed E-state index contributed by atoms with van der Waals surface area (Å²) in [5, 5.41) is 3.68. The topological polar surface area (TPSA) is 59.2 Å². The van der Waals surface area contributed by atoms with Crippen molar-refractivity contribution in [2.75, 3.05) is 13.7 Å². The Morgan fingerprint density at radius 2 is 1.83 bits per heavy atom. The Kier molecular flexibility index (Phi) is 5.73. The normalized spacial score (nSPS) is 19.2. The van der Waals surface area contributed by atoms with Crippen LogP contribution in [0.5, 0.6) is 5.75 Å². The Morgan fingerprint density at radius 3 is 2.50 bits per heavy atom. The van der Waals surface area contributed by atoms with Crippen LogP contribution in [-0.4, -0.2) is 36.1 Å². The maximum absolute atomic E-state index is 12.7. The number of rotatable bonds is 5. The SMILES string of the molecule is CO[C@@H]1CN[C@H](c2ncc(-c3ccc(-c4cc(Cl)ccc4OC(F)(F)F)cc3)[nH]2)C1. The first-order valence-corrected chi connectivity index (χ1v) is 9.67. The lowest BCUT2D eigenvalue weighted by Crippen LogP contribution is -2.17. The summed E-state index contributed by atoms with van der Waals surface area (Å²) in [5.41, 5.74) is 2.49. The molecule has 0 bridgehead atoms. The number of methoxy groups -OCH3 is 1. The molecule has 0 amide bonds. The van der Waals surface area contributed by atoms with E-state index in [-0.39, 0.29) is 23.5 Å². The Hall–Kier alpha value is -2.55. The van der Waals surface area contributed by atoms with E-state index < -0.39 is 6.36 Å². The molecule has 30 heavy (non-hydrogen) atoms. The molecule has 0 radical (unpaired) electrons. The Morgan fingerprint density at radius 1 is 1.10 bits per heavy atom. The highest BCUT2D eigenvalue weighted by atomic mass is 35.5. The van der Waals surface area contributed by atoms with Gasteiger partial charge in [-0.05, 0) is 35.7 Å². The summed E-state index contributed by atoms with van der Waals surface area (Å²) in [6.07, 6.45) is -2.05. The third-order valence-corrected chi connectivity index (χ3v) is 5.26. The zero-order valence-corrected chi connectivity index (χ0v) is 16.7. The van der Waals surface area contributed by atoms with E-state index in [1.54, 1.807) is 25.4 Å². The Labute approximate surface area is 176 Å². The minimum absolute atomic E-state index is 0.0940. The van der Waals surface area contributed by atoms with Crippen LogP contribution in [0.2, 0.25) is 5.02 Å². The third kappa shape index (κ3) is 4.61. The van der Waals surface area contributed by atoms with Crippen LogP contribution in [0.1, 0.15) is 18.3 Å². The van der Waals surface area contributed by atoms with Crippen molar-refractivity contribution in [2.24, 2.45) is 0 Å². The van der Waals surface area contributed by atoms with Gasteiger partial charge in [-0.15, -0.1) is 13.2 Å². The first kappa shape index (κ1) is 20.7. The molecular weight excluding hydrogens is 419 g/mol. The molecule has 0 aliphatic carbocycles. The summed E-state index contributed by atoms with van der Waals surface area (Å²) < 4.78 is 47.7. The molecule has 1 saturated heterocycles. The second kappa shape index (κ2) is 8.29. The van der Waals surface area contributed by atoms with E-state index in [2.05, 4.69) is 20.0 Å². The number of aromatic nitrogens is 2. The molecule has 4 rings (SSSR count). The van der Waals surface area contributed by atoms with Crippen LogP contribution in [0, 0.1) is 0 Å². The molecule has 0 unspecified atom stereocenters. The van der Waals surface area contributed by atoms with Gasteiger partial charge >= 0.3 is 6.36 Å². The van der Waals surface area contributed by atoms with Crippen molar-refractivity contribution in [3.8, 4) is 28.1 Å². The summed E-state index contributed by atoms with van der Waals surface area (Å²) in [6.45, 7) is 0.772. The first-order chi connectivity index (χ1) is 14.3. The minimum atomic E-state index is -4.79. The molecule has 1 fully saturated rings. The molecule has 158 valence electrons. The number of hydrogen-bond donors (Lipinski definition) is 2. The summed E-state index contributed by atoms with van der Waals surface area (Å²) in [7, 11) is 1.69. The largest absolute Gasteiger partial charge is 0.573 e. The van der Waals surface area contributed by atoms with E-state index >= 15 is 0 Å². The summed E-state index contributed by atoms with van der Waals surface area (Å²) in [5.74, 6) is 0.521. The quantitative estimate of drug-likeness (QED) is 0.565. The molecule has 1 aromatic heterocycles. The smallest absolute Gasteiger partial charge is 0.405 e. The van der Waals surface area contributed by atoms with Crippen molar-refractivity contribution in [1.82, 2.24) is 15.3 Å². The zero-order chi connectivity index (χ0) is 21.3. The highest BCUT2D eigenvalue weighted by Crippen LogP contribution is 2.36.